The Morgan fingerprint density at radius 3 is 1.58 bits per heavy atom. The molecule has 0 bridgehead atoms. The fourth-order valence-electron chi connectivity index (χ4n) is 3.20. The molecule has 0 aliphatic rings. The zero-order valence-corrected chi connectivity index (χ0v) is 20.5. The van der Waals surface area contributed by atoms with Crippen molar-refractivity contribution in [2.75, 3.05) is 0 Å². The molecule has 0 aliphatic heterocycles. The summed E-state index contributed by atoms with van der Waals surface area (Å²) in [5.41, 5.74) is 10.7. The van der Waals surface area contributed by atoms with Gasteiger partial charge in [0.05, 0.1) is 12.5 Å². The molecule has 11 heteroatoms. The molecule has 0 heterocycles. The first-order valence-corrected chi connectivity index (χ1v) is 11.4. The lowest BCUT2D eigenvalue weighted by Crippen LogP contribution is -2.58. The van der Waals surface area contributed by atoms with E-state index < -0.39 is 53.8 Å². The molecule has 0 spiro atoms. The van der Waals surface area contributed by atoms with Gasteiger partial charge in [-0.15, -0.1) is 0 Å². The number of amides is 4. The van der Waals surface area contributed by atoms with Crippen LogP contribution in [-0.4, -0.2) is 58.9 Å². The topological polar surface area (TPSA) is 194 Å². The molecule has 0 saturated heterocycles. The summed E-state index contributed by atoms with van der Waals surface area (Å²) in [6, 6.07) is -4.28. The van der Waals surface area contributed by atoms with Crippen LogP contribution >= 0.6 is 0 Å². The van der Waals surface area contributed by atoms with Crippen LogP contribution in [0.1, 0.15) is 67.2 Å². The van der Waals surface area contributed by atoms with Crippen LogP contribution in [0.4, 0.5) is 0 Å². The second kappa shape index (κ2) is 14.5. The van der Waals surface area contributed by atoms with E-state index in [9.17, 15) is 29.1 Å². The third kappa shape index (κ3) is 11.7. The van der Waals surface area contributed by atoms with Gasteiger partial charge in [0.25, 0.3) is 0 Å². The average molecular weight is 472 g/mol. The molecule has 5 atom stereocenters. The minimum Gasteiger partial charge on any atom is -0.480 e. The number of hydrogen-bond donors (Lipinski definition) is 6. The van der Waals surface area contributed by atoms with Gasteiger partial charge in [-0.05, 0) is 30.6 Å². The second-order valence-corrected chi connectivity index (χ2v) is 9.37. The van der Waals surface area contributed by atoms with Gasteiger partial charge in [-0.1, -0.05) is 48.0 Å². The summed E-state index contributed by atoms with van der Waals surface area (Å²) in [7, 11) is 0. The van der Waals surface area contributed by atoms with Crippen LogP contribution in [0.25, 0.3) is 0 Å². The highest BCUT2D eigenvalue weighted by Crippen LogP contribution is 2.12. The molecule has 0 aliphatic carbocycles. The quantitative estimate of drug-likeness (QED) is 0.191. The Hall–Kier alpha value is -2.69. The molecule has 0 aromatic carbocycles. The number of carboxylic acid groups (broad SMARTS) is 1. The molecule has 0 aromatic rings. The Bertz CT molecular complexity index is 697. The van der Waals surface area contributed by atoms with Crippen LogP contribution in [0.5, 0.6) is 0 Å². The molecular weight excluding hydrogens is 430 g/mol. The number of nitrogens with two attached hydrogens (primary N) is 2. The molecule has 190 valence electrons. The lowest BCUT2D eigenvalue weighted by atomic mass is 9.97. The highest BCUT2D eigenvalue weighted by molar-refractivity contribution is 5.95. The van der Waals surface area contributed by atoms with Crippen molar-refractivity contribution in [3.05, 3.63) is 0 Å². The van der Waals surface area contributed by atoms with Crippen molar-refractivity contribution in [2.45, 2.75) is 91.4 Å². The number of primary amides is 1. The van der Waals surface area contributed by atoms with E-state index in [0.29, 0.717) is 6.42 Å². The predicted molar refractivity (Wildman–Crippen MR) is 124 cm³/mol. The number of nitrogens with one attached hydrogen (secondary N) is 3. The van der Waals surface area contributed by atoms with Crippen LogP contribution in [0.3, 0.4) is 0 Å². The van der Waals surface area contributed by atoms with Crippen LogP contribution in [0, 0.1) is 17.8 Å². The number of carbonyl (C=O) groups is 5. The first kappa shape index (κ1) is 30.3. The smallest absolute Gasteiger partial charge is 0.326 e. The van der Waals surface area contributed by atoms with E-state index in [-0.39, 0.29) is 37.0 Å². The minimum absolute atomic E-state index is 0.0209. The van der Waals surface area contributed by atoms with Crippen LogP contribution in [0.15, 0.2) is 0 Å². The molecule has 0 fully saturated rings. The molecule has 8 N–H and O–H groups in total. The Kier molecular flexibility index (Phi) is 13.3. The molecule has 4 amide bonds. The van der Waals surface area contributed by atoms with Crippen molar-refractivity contribution in [1.82, 2.24) is 16.0 Å². The van der Waals surface area contributed by atoms with Gasteiger partial charge in [0.1, 0.15) is 18.1 Å². The van der Waals surface area contributed by atoms with E-state index in [4.69, 9.17) is 11.5 Å². The molecule has 0 radical (unpaired) electrons. The molecule has 5 unspecified atom stereocenters. The average Bonchev–Trinajstić information content (AvgIpc) is 2.68. The van der Waals surface area contributed by atoms with E-state index >= 15 is 0 Å². The fraction of sp³-hybridized carbons (Fsp3) is 0.773. The van der Waals surface area contributed by atoms with Gasteiger partial charge >= 0.3 is 5.97 Å². The van der Waals surface area contributed by atoms with Crippen molar-refractivity contribution >= 4 is 29.6 Å². The molecule has 0 saturated carbocycles. The summed E-state index contributed by atoms with van der Waals surface area (Å²) in [4.78, 5) is 60.9. The Balaban J connectivity index is 5.56. The highest BCUT2D eigenvalue weighted by Gasteiger charge is 2.32. The largest absolute Gasteiger partial charge is 0.480 e. The van der Waals surface area contributed by atoms with Gasteiger partial charge in [0.15, 0.2) is 0 Å². The Labute approximate surface area is 195 Å². The zero-order valence-electron chi connectivity index (χ0n) is 20.5. The zero-order chi connectivity index (χ0) is 25.9. The van der Waals surface area contributed by atoms with Crippen molar-refractivity contribution in [3.63, 3.8) is 0 Å². The Morgan fingerprint density at radius 2 is 1.21 bits per heavy atom. The first-order chi connectivity index (χ1) is 15.2. The van der Waals surface area contributed by atoms with Gasteiger partial charge in [0, 0.05) is 0 Å². The van der Waals surface area contributed by atoms with Crippen molar-refractivity contribution in [1.29, 1.82) is 0 Å². The van der Waals surface area contributed by atoms with Gasteiger partial charge in [-0.25, -0.2) is 4.79 Å². The standard InChI is InChI=1S/C22H41N5O6/c1-7-13(6)18(22(32)33)27-21(31)16(9-12(4)5)26-20(30)15(8-11(2)3)25-19(29)14(23)10-17(24)28/h11-16,18H,7-10,23H2,1-6H3,(H2,24,28)(H,25,29)(H,26,30)(H,27,31)(H,32,33). The number of hydrogen-bond acceptors (Lipinski definition) is 6. The van der Waals surface area contributed by atoms with Crippen molar-refractivity contribution in [2.24, 2.45) is 29.2 Å². The summed E-state index contributed by atoms with van der Waals surface area (Å²) in [6.45, 7) is 11.0. The third-order valence-electron chi connectivity index (χ3n) is 5.21. The normalized spacial score (nSPS) is 15.8. The van der Waals surface area contributed by atoms with E-state index in [2.05, 4.69) is 16.0 Å². The van der Waals surface area contributed by atoms with E-state index in [0.717, 1.165) is 0 Å². The maximum atomic E-state index is 13.0. The summed E-state index contributed by atoms with van der Waals surface area (Å²) in [5, 5.41) is 17.2. The lowest BCUT2D eigenvalue weighted by molar-refractivity contribution is -0.144. The summed E-state index contributed by atoms with van der Waals surface area (Å²) in [6.07, 6.45) is 0.717. The fourth-order valence-corrected chi connectivity index (χ4v) is 3.20. The SMILES string of the molecule is CCC(C)C(NC(=O)C(CC(C)C)NC(=O)C(CC(C)C)NC(=O)C(N)CC(N)=O)C(=O)O. The van der Waals surface area contributed by atoms with Gasteiger partial charge < -0.3 is 32.5 Å². The molecular formula is C22H41N5O6. The van der Waals surface area contributed by atoms with E-state index in [1.165, 1.54) is 0 Å². The van der Waals surface area contributed by atoms with Crippen molar-refractivity contribution in [3.8, 4) is 0 Å². The predicted octanol–water partition coefficient (Wildman–Crippen LogP) is -0.134. The summed E-state index contributed by atoms with van der Waals surface area (Å²) >= 11 is 0. The second-order valence-electron chi connectivity index (χ2n) is 9.37. The van der Waals surface area contributed by atoms with Crippen LogP contribution in [0.2, 0.25) is 0 Å². The Morgan fingerprint density at radius 1 is 0.788 bits per heavy atom. The number of carboxylic acids is 1. The first-order valence-electron chi connectivity index (χ1n) is 11.4. The lowest BCUT2D eigenvalue weighted by Gasteiger charge is -2.27. The van der Waals surface area contributed by atoms with Crippen LogP contribution in [-0.2, 0) is 24.0 Å². The van der Waals surface area contributed by atoms with Crippen LogP contribution < -0.4 is 27.4 Å². The molecule has 0 aromatic heterocycles. The minimum atomic E-state index is -1.20. The van der Waals surface area contributed by atoms with Gasteiger partial charge in [0.2, 0.25) is 23.6 Å². The summed E-state index contributed by atoms with van der Waals surface area (Å²) in [5.74, 6) is -4.07. The maximum absolute atomic E-state index is 13.0. The van der Waals surface area contributed by atoms with Gasteiger partial charge in [-0.3, -0.25) is 19.2 Å². The number of rotatable bonds is 15. The van der Waals surface area contributed by atoms with E-state index in [1.54, 1.807) is 6.92 Å². The highest BCUT2D eigenvalue weighted by atomic mass is 16.4. The third-order valence-corrected chi connectivity index (χ3v) is 5.21. The van der Waals surface area contributed by atoms with Gasteiger partial charge in [-0.2, -0.15) is 0 Å². The maximum Gasteiger partial charge on any atom is 0.326 e. The number of aliphatic carboxylic acids is 1. The van der Waals surface area contributed by atoms with E-state index in [1.807, 2.05) is 34.6 Å². The molecule has 33 heavy (non-hydrogen) atoms. The summed E-state index contributed by atoms with van der Waals surface area (Å²) < 4.78 is 0. The number of carbonyl (C=O) groups excluding carboxylic acids is 4. The molecule has 0 rings (SSSR count). The monoisotopic (exact) mass is 471 g/mol. The molecule has 11 nitrogen and oxygen atoms in total. The van der Waals surface area contributed by atoms with Crippen molar-refractivity contribution < 1.29 is 29.1 Å².